The second-order valence-corrected chi connectivity index (χ2v) is 5.32. The largest absolute Gasteiger partial charge is 0.491 e. The van der Waals surface area contributed by atoms with Crippen molar-refractivity contribution in [1.82, 2.24) is 10.6 Å². The molecule has 122 valence electrons. The highest BCUT2D eigenvalue weighted by molar-refractivity contribution is 5.73. The highest BCUT2D eigenvalue weighted by Gasteiger charge is 2.04. The standard InChI is InChI=1S/C18H21FN2O2/c1-13-7-8-17(14(2)11-13)23-10-9-20-18(22)21-12-15-5-3-4-6-16(15)19/h3-8,11H,9-10,12H2,1-2H3,(H2,20,21,22). The van der Waals surface area contributed by atoms with Crippen LogP contribution in [0.25, 0.3) is 0 Å². The predicted molar refractivity (Wildman–Crippen MR) is 88.0 cm³/mol. The number of carbonyl (C=O) groups excluding carboxylic acids is 1. The van der Waals surface area contributed by atoms with E-state index in [1.165, 1.54) is 11.6 Å². The lowest BCUT2D eigenvalue weighted by atomic mass is 10.1. The van der Waals surface area contributed by atoms with E-state index >= 15 is 0 Å². The maximum Gasteiger partial charge on any atom is 0.315 e. The van der Waals surface area contributed by atoms with Gasteiger partial charge in [-0.2, -0.15) is 0 Å². The number of carbonyl (C=O) groups is 1. The molecular formula is C18H21FN2O2. The summed E-state index contributed by atoms with van der Waals surface area (Å²) in [6.07, 6.45) is 0. The van der Waals surface area contributed by atoms with Crippen molar-refractivity contribution in [2.75, 3.05) is 13.2 Å². The Morgan fingerprint density at radius 3 is 2.65 bits per heavy atom. The Bertz CT molecular complexity index is 674. The minimum atomic E-state index is -0.350. The number of amides is 2. The number of urea groups is 1. The van der Waals surface area contributed by atoms with Gasteiger partial charge in [0.2, 0.25) is 0 Å². The van der Waals surface area contributed by atoms with Crippen molar-refractivity contribution in [1.29, 1.82) is 0 Å². The Morgan fingerprint density at radius 2 is 1.91 bits per heavy atom. The molecule has 5 heteroatoms. The molecule has 2 N–H and O–H groups in total. The average Bonchev–Trinajstić information content (AvgIpc) is 2.52. The van der Waals surface area contributed by atoms with Crippen molar-refractivity contribution in [3.8, 4) is 5.75 Å². The number of benzene rings is 2. The summed E-state index contributed by atoms with van der Waals surface area (Å²) in [6, 6.07) is 12.0. The molecule has 2 aromatic carbocycles. The van der Waals surface area contributed by atoms with Gasteiger partial charge in [0.05, 0.1) is 6.54 Å². The van der Waals surface area contributed by atoms with E-state index in [1.54, 1.807) is 18.2 Å². The third kappa shape index (κ3) is 5.29. The Balaban J connectivity index is 1.68. The van der Waals surface area contributed by atoms with Gasteiger partial charge in [0.1, 0.15) is 18.2 Å². The van der Waals surface area contributed by atoms with Gasteiger partial charge in [-0.15, -0.1) is 0 Å². The highest BCUT2D eigenvalue weighted by Crippen LogP contribution is 2.18. The first-order valence-corrected chi connectivity index (χ1v) is 7.51. The van der Waals surface area contributed by atoms with Gasteiger partial charge in [-0.1, -0.05) is 35.9 Å². The van der Waals surface area contributed by atoms with Crippen LogP contribution in [0.4, 0.5) is 9.18 Å². The van der Waals surface area contributed by atoms with Crippen LogP contribution in [0, 0.1) is 19.7 Å². The molecule has 4 nitrogen and oxygen atoms in total. The van der Waals surface area contributed by atoms with Crippen LogP contribution in [0.5, 0.6) is 5.75 Å². The molecule has 2 amide bonds. The van der Waals surface area contributed by atoms with Crippen LogP contribution in [0.3, 0.4) is 0 Å². The number of aryl methyl sites for hydroxylation is 2. The topological polar surface area (TPSA) is 50.4 Å². The number of hydrogen-bond acceptors (Lipinski definition) is 2. The van der Waals surface area contributed by atoms with Crippen LogP contribution >= 0.6 is 0 Å². The van der Waals surface area contributed by atoms with Crippen molar-refractivity contribution in [2.24, 2.45) is 0 Å². The maximum atomic E-state index is 13.4. The smallest absolute Gasteiger partial charge is 0.315 e. The summed E-state index contributed by atoms with van der Waals surface area (Å²) in [5.74, 6) is 0.482. The average molecular weight is 316 g/mol. The minimum Gasteiger partial charge on any atom is -0.491 e. The van der Waals surface area contributed by atoms with Crippen molar-refractivity contribution in [2.45, 2.75) is 20.4 Å². The van der Waals surface area contributed by atoms with E-state index < -0.39 is 0 Å². The molecule has 0 aromatic heterocycles. The Labute approximate surface area is 135 Å². The zero-order valence-electron chi connectivity index (χ0n) is 13.4. The lowest BCUT2D eigenvalue weighted by Crippen LogP contribution is -2.37. The summed E-state index contributed by atoms with van der Waals surface area (Å²) < 4.78 is 19.0. The minimum absolute atomic E-state index is 0.149. The van der Waals surface area contributed by atoms with Crippen molar-refractivity contribution < 1.29 is 13.9 Å². The van der Waals surface area contributed by atoms with Crippen molar-refractivity contribution in [3.63, 3.8) is 0 Å². The highest BCUT2D eigenvalue weighted by atomic mass is 19.1. The normalized spacial score (nSPS) is 10.2. The van der Waals surface area contributed by atoms with Crippen LogP contribution in [0.15, 0.2) is 42.5 Å². The van der Waals surface area contributed by atoms with Crippen molar-refractivity contribution >= 4 is 6.03 Å². The Hall–Kier alpha value is -2.56. The quantitative estimate of drug-likeness (QED) is 0.803. The lowest BCUT2D eigenvalue weighted by Gasteiger charge is -2.11. The van der Waals surface area contributed by atoms with E-state index in [2.05, 4.69) is 10.6 Å². The van der Waals surface area contributed by atoms with Crippen LogP contribution in [0.2, 0.25) is 0 Å². The summed E-state index contributed by atoms with van der Waals surface area (Å²) in [4.78, 5) is 11.7. The molecule has 0 saturated heterocycles. The lowest BCUT2D eigenvalue weighted by molar-refractivity contribution is 0.236. The zero-order chi connectivity index (χ0) is 16.7. The number of nitrogens with one attached hydrogen (secondary N) is 2. The van der Waals surface area contributed by atoms with Gasteiger partial charge in [0.25, 0.3) is 0 Å². The summed E-state index contributed by atoms with van der Waals surface area (Å²) in [6.45, 7) is 4.90. The summed E-state index contributed by atoms with van der Waals surface area (Å²) in [5.41, 5.74) is 2.70. The SMILES string of the molecule is Cc1ccc(OCCNC(=O)NCc2ccccc2F)c(C)c1. The molecular weight excluding hydrogens is 295 g/mol. The third-order valence-electron chi connectivity index (χ3n) is 3.37. The van der Waals surface area contributed by atoms with Crippen LogP contribution in [0.1, 0.15) is 16.7 Å². The van der Waals surface area contributed by atoms with E-state index in [1.807, 2.05) is 32.0 Å². The summed E-state index contributed by atoms with van der Waals surface area (Å²) >= 11 is 0. The maximum absolute atomic E-state index is 13.4. The fourth-order valence-electron chi connectivity index (χ4n) is 2.17. The number of hydrogen-bond donors (Lipinski definition) is 2. The van der Waals surface area contributed by atoms with E-state index in [-0.39, 0.29) is 18.4 Å². The van der Waals surface area contributed by atoms with Crippen LogP contribution in [-0.2, 0) is 6.54 Å². The first-order chi connectivity index (χ1) is 11.1. The monoisotopic (exact) mass is 316 g/mol. The van der Waals surface area contributed by atoms with Gasteiger partial charge >= 0.3 is 6.03 Å². The number of ether oxygens (including phenoxy) is 1. The molecule has 0 aliphatic heterocycles. The van der Waals surface area contributed by atoms with Gasteiger partial charge in [-0.05, 0) is 31.5 Å². The molecule has 0 aliphatic carbocycles. The van der Waals surface area contributed by atoms with Crippen LogP contribution < -0.4 is 15.4 Å². The molecule has 0 atom stereocenters. The Morgan fingerprint density at radius 1 is 1.13 bits per heavy atom. The molecule has 0 saturated carbocycles. The predicted octanol–water partition coefficient (Wildman–Crippen LogP) is 3.32. The van der Waals surface area contributed by atoms with E-state index in [0.717, 1.165) is 11.3 Å². The van der Waals surface area contributed by atoms with Gasteiger partial charge in [-0.3, -0.25) is 0 Å². The fourth-order valence-corrected chi connectivity index (χ4v) is 2.17. The molecule has 2 rings (SSSR count). The Kier molecular flexibility index (Phi) is 5.97. The molecule has 2 aromatic rings. The molecule has 0 aliphatic rings. The molecule has 0 spiro atoms. The van der Waals surface area contributed by atoms with E-state index in [9.17, 15) is 9.18 Å². The second kappa shape index (κ2) is 8.17. The molecule has 0 unspecified atom stereocenters. The van der Waals surface area contributed by atoms with Crippen LogP contribution in [-0.4, -0.2) is 19.2 Å². The zero-order valence-corrected chi connectivity index (χ0v) is 13.4. The van der Waals surface area contributed by atoms with E-state index in [4.69, 9.17) is 4.74 Å². The summed E-state index contributed by atoms with van der Waals surface area (Å²) in [7, 11) is 0. The first kappa shape index (κ1) is 16.8. The first-order valence-electron chi connectivity index (χ1n) is 7.51. The third-order valence-corrected chi connectivity index (χ3v) is 3.37. The van der Waals surface area contributed by atoms with E-state index in [0.29, 0.717) is 18.7 Å². The fraction of sp³-hybridized carbons (Fsp3) is 0.278. The molecule has 23 heavy (non-hydrogen) atoms. The van der Waals surface area contributed by atoms with Gasteiger partial charge in [-0.25, -0.2) is 9.18 Å². The molecule has 0 heterocycles. The van der Waals surface area contributed by atoms with Gasteiger partial charge in [0.15, 0.2) is 0 Å². The molecule has 0 fully saturated rings. The molecule has 0 bridgehead atoms. The number of halogens is 1. The van der Waals surface area contributed by atoms with Gasteiger partial charge < -0.3 is 15.4 Å². The van der Waals surface area contributed by atoms with Gasteiger partial charge in [0, 0.05) is 12.1 Å². The molecule has 0 radical (unpaired) electrons. The number of rotatable bonds is 6. The second-order valence-electron chi connectivity index (χ2n) is 5.32. The summed E-state index contributed by atoms with van der Waals surface area (Å²) in [5, 5.41) is 5.29. The van der Waals surface area contributed by atoms with Crippen molar-refractivity contribution in [3.05, 3.63) is 65.0 Å².